The van der Waals surface area contributed by atoms with Gasteiger partial charge in [0.05, 0.1) is 11.5 Å². The molecule has 2 aromatic carbocycles. The molecule has 0 aliphatic heterocycles. The van der Waals surface area contributed by atoms with Crippen molar-refractivity contribution in [2.45, 2.75) is 19.6 Å². The van der Waals surface area contributed by atoms with Gasteiger partial charge in [-0.15, -0.1) is 11.8 Å². The highest BCUT2D eigenvalue weighted by Crippen LogP contribution is 2.16. The van der Waals surface area contributed by atoms with E-state index in [1.54, 1.807) is 12.1 Å². The zero-order chi connectivity index (χ0) is 18.9. The molecule has 2 aromatic rings. The molecule has 0 heterocycles. The SMILES string of the molecule is CC(=O)Nc1ccc(/C(C)=N/NC(=O)CSCc2cccc(Cl)c2)cc1. The summed E-state index contributed by atoms with van der Waals surface area (Å²) in [5.74, 6) is 0.739. The number of carbonyl (C=O) groups is 2. The highest BCUT2D eigenvalue weighted by molar-refractivity contribution is 7.99. The van der Waals surface area contributed by atoms with Gasteiger partial charge in [-0.05, 0) is 42.3 Å². The van der Waals surface area contributed by atoms with Gasteiger partial charge in [-0.3, -0.25) is 9.59 Å². The van der Waals surface area contributed by atoms with Gasteiger partial charge in [-0.25, -0.2) is 5.43 Å². The molecule has 5 nitrogen and oxygen atoms in total. The van der Waals surface area contributed by atoms with Crippen LogP contribution in [0.1, 0.15) is 25.0 Å². The second-order valence-electron chi connectivity index (χ2n) is 5.61. The lowest BCUT2D eigenvalue weighted by Gasteiger charge is -2.05. The van der Waals surface area contributed by atoms with E-state index in [9.17, 15) is 9.59 Å². The lowest BCUT2D eigenvalue weighted by atomic mass is 10.1. The highest BCUT2D eigenvalue weighted by atomic mass is 35.5. The van der Waals surface area contributed by atoms with Gasteiger partial charge in [0, 0.05) is 23.4 Å². The summed E-state index contributed by atoms with van der Waals surface area (Å²) in [7, 11) is 0. The molecule has 7 heteroatoms. The van der Waals surface area contributed by atoms with E-state index in [-0.39, 0.29) is 11.8 Å². The zero-order valence-electron chi connectivity index (χ0n) is 14.6. The van der Waals surface area contributed by atoms with E-state index >= 15 is 0 Å². The summed E-state index contributed by atoms with van der Waals surface area (Å²) in [4.78, 5) is 22.9. The van der Waals surface area contributed by atoms with Crippen molar-refractivity contribution in [3.05, 3.63) is 64.7 Å². The van der Waals surface area contributed by atoms with Gasteiger partial charge in [0.15, 0.2) is 0 Å². The van der Waals surface area contributed by atoms with Crippen LogP contribution in [0.2, 0.25) is 5.02 Å². The molecule has 0 fully saturated rings. The van der Waals surface area contributed by atoms with Crippen LogP contribution in [0.3, 0.4) is 0 Å². The largest absolute Gasteiger partial charge is 0.326 e. The molecule has 0 bridgehead atoms. The van der Waals surface area contributed by atoms with E-state index in [0.717, 1.165) is 16.8 Å². The summed E-state index contributed by atoms with van der Waals surface area (Å²) in [5, 5.41) is 7.51. The molecule has 2 amide bonds. The lowest BCUT2D eigenvalue weighted by molar-refractivity contribution is -0.118. The molecule has 2 N–H and O–H groups in total. The number of nitrogens with zero attached hydrogens (tertiary/aromatic N) is 1. The van der Waals surface area contributed by atoms with Gasteiger partial charge in [-0.2, -0.15) is 5.10 Å². The molecule has 0 radical (unpaired) electrons. The van der Waals surface area contributed by atoms with Gasteiger partial charge in [0.2, 0.25) is 11.8 Å². The van der Waals surface area contributed by atoms with E-state index < -0.39 is 0 Å². The van der Waals surface area contributed by atoms with Crippen LogP contribution in [0.5, 0.6) is 0 Å². The first-order valence-electron chi connectivity index (χ1n) is 7.97. The Labute approximate surface area is 162 Å². The van der Waals surface area contributed by atoms with Crippen LogP contribution < -0.4 is 10.7 Å². The Morgan fingerprint density at radius 2 is 1.85 bits per heavy atom. The summed E-state index contributed by atoms with van der Waals surface area (Å²) >= 11 is 7.43. The van der Waals surface area contributed by atoms with Crippen molar-refractivity contribution in [3.63, 3.8) is 0 Å². The minimum absolute atomic E-state index is 0.120. The van der Waals surface area contributed by atoms with Crippen LogP contribution in [-0.4, -0.2) is 23.3 Å². The number of hydrazone groups is 1. The van der Waals surface area contributed by atoms with Crippen LogP contribution in [0.25, 0.3) is 0 Å². The minimum Gasteiger partial charge on any atom is -0.326 e. The monoisotopic (exact) mass is 389 g/mol. The zero-order valence-corrected chi connectivity index (χ0v) is 16.2. The van der Waals surface area contributed by atoms with Crippen molar-refractivity contribution >= 4 is 46.6 Å². The van der Waals surface area contributed by atoms with Crippen molar-refractivity contribution in [1.29, 1.82) is 0 Å². The molecule has 2 rings (SSSR count). The number of halogens is 1. The maximum atomic E-state index is 11.9. The Bertz CT molecular complexity index is 807. The normalized spacial score (nSPS) is 11.1. The molecule has 0 unspecified atom stereocenters. The highest BCUT2D eigenvalue weighted by Gasteiger charge is 2.03. The summed E-state index contributed by atoms with van der Waals surface area (Å²) in [6, 6.07) is 14.8. The van der Waals surface area contributed by atoms with E-state index in [0.29, 0.717) is 22.2 Å². The molecule has 26 heavy (non-hydrogen) atoms. The fourth-order valence-corrected chi connectivity index (χ4v) is 3.11. The number of thioether (sulfide) groups is 1. The number of nitrogens with one attached hydrogen (secondary N) is 2. The third kappa shape index (κ3) is 6.90. The molecule has 0 atom stereocenters. The maximum absolute atomic E-state index is 11.9. The van der Waals surface area contributed by atoms with E-state index in [1.165, 1.54) is 18.7 Å². The van der Waals surface area contributed by atoms with Crippen LogP contribution in [0.4, 0.5) is 5.69 Å². The Morgan fingerprint density at radius 3 is 2.50 bits per heavy atom. The summed E-state index contributed by atoms with van der Waals surface area (Å²) in [6.07, 6.45) is 0. The first kappa shape index (κ1) is 20.0. The van der Waals surface area contributed by atoms with Crippen molar-refractivity contribution in [2.75, 3.05) is 11.1 Å². The third-order valence-corrected chi connectivity index (χ3v) is 4.60. The molecular formula is C19H20ClN3O2S. The van der Waals surface area contributed by atoms with Crippen molar-refractivity contribution < 1.29 is 9.59 Å². The number of hydrogen-bond acceptors (Lipinski definition) is 4. The number of hydrogen-bond donors (Lipinski definition) is 2. The molecule has 0 spiro atoms. The number of benzene rings is 2. The predicted molar refractivity (Wildman–Crippen MR) is 109 cm³/mol. The standard InChI is InChI=1S/C19H20ClN3O2S/c1-13(16-6-8-18(9-7-16)21-14(2)24)22-23-19(25)12-26-11-15-4-3-5-17(20)10-15/h3-10H,11-12H2,1-2H3,(H,21,24)(H,23,25)/b22-13+. The molecule has 136 valence electrons. The van der Waals surface area contributed by atoms with Crippen LogP contribution in [-0.2, 0) is 15.3 Å². The Hall–Kier alpha value is -2.31. The first-order chi connectivity index (χ1) is 12.4. The van der Waals surface area contributed by atoms with Gasteiger partial charge >= 0.3 is 0 Å². The van der Waals surface area contributed by atoms with Crippen molar-refractivity contribution in [3.8, 4) is 0 Å². The molecule has 0 aliphatic rings. The first-order valence-corrected chi connectivity index (χ1v) is 9.50. The minimum atomic E-state index is -0.161. The number of anilines is 1. The van der Waals surface area contributed by atoms with Crippen LogP contribution in [0, 0.1) is 0 Å². The van der Waals surface area contributed by atoms with Gasteiger partial charge in [0.25, 0.3) is 0 Å². The quantitative estimate of drug-likeness (QED) is 0.553. The second-order valence-corrected chi connectivity index (χ2v) is 7.04. The molecular weight excluding hydrogens is 370 g/mol. The number of carbonyl (C=O) groups excluding carboxylic acids is 2. The second kappa shape index (κ2) is 9.99. The predicted octanol–water partition coefficient (Wildman–Crippen LogP) is 4.07. The van der Waals surface area contributed by atoms with Crippen molar-refractivity contribution in [2.24, 2.45) is 5.10 Å². The molecule has 0 saturated carbocycles. The maximum Gasteiger partial charge on any atom is 0.250 e. The fourth-order valence-electron chi connectivity index (χ4n) is 2.13. The van der Waals surface area contributed by atoms with Gasteiger partial charge < -0.3 is 5.32 Å². The smallest absolute Gasteiger partial charge is 0.250 e. The summed E-state index contributed by atoms with van der Waals surface area (Å²) in [5.41, 5.74) is 5.91. The number of rotatable bonds is 7. The van der Waals surface area contributed by atoms with Gasteiger partial charge in [0.1, 0.15) is 0 Å². The molecule has 0 aromatic heterocycles. The van der Waals surface area contributed by atoms with Crippen LogP contribution in [0.15, 0.2) is 53.6 Å². The molecule has 0 aliphatic carbocycles. The Balaban J connectivity index is 1.80. The average Bonchev–Trinajstić information content (AvgIpc) is 2.60. The van der Waals surface area contributed by atoms with Crippen molar-refractivity contribution in [1.82, 2.24) is 5.43 Å². The summed E-state index contributed by atoms with van der Waals surface area (Å²) < 4.78 is 0. The molecule has 0 saturated heterocycles. The average molecular weight is 390 g/mol. The Kier molecular flexibility index (Phi) is 7.69. The lowest BCUT2D eigenvalue weighted by Crippen LogP contribution is -2.21. The topological polar surface area (TPSA) is 70.6 Å². The van der Waals surface area contributed by atoms with E-state index in [4.69, 9.17) is 11.6 Å². The van der Waals surface area contributed by atoms with Crippen LogP contribution >= 0.6 is 23.4 Å². The Morgan fingerprint density at radius 1 is 1.12 bits per heavy atom. The van der Waals surface area contributed by atoms with Gasteiger partial charge in [-0.1, -0.05) is 35.9 Å². The van der Waals surface area contributed by atoms with E-state index in [1.807, 2.05) is 43.3 Å². The van der Waals surface area contributed by atoms with E-state index in [2.05, 4.69) is 15.8 Å². The number of amides is 2. The third-order valence-electron chi connectivity index (χ3n) is 3.36. The fraction of sp³-hybridized carbons (Fsp3) is 0.211. The summed E-state index contributed by atoms with van der Waals surface area (Å²) in [6.45, 7) is 3.27.